The standard InChI is InChI=1S/C23H20ClN3O2S/c1-2-29-18-11-9-16(10-12-18)14-21(28)27(15-17-6-3-4-13-25-17)23-26-22-19(24)7-5-8-20(22)30-23/h3-13H,2,14-15H2,1H3. The summed E-state index contributed by atoms with van der Waals surface area (Å²) >= 11 is 7.75. The van der Waals surface area contributed by atoms with Crippen molar-refractivity contribution in [2.45, 2.75) is 19.9 Å². The summed E-state index contributed by atoms with van der Waals surface area (Å²) in [5.41, 5.74) is 2.41. The molecule has 0 radical (unpaired) electrons. The van der Waals surface area contributed by atoms with Crippen molar-refractivity contribution in [2.75, 3.05) is 11.5 Å². The van der Waals surface area contributed by atoms with E-state index in [1.807, 2.05) is 61.5 Å². The molecule has 5 nitrogen and oxygen atoms in total. The van der Waals surface area contributed by atoms with Crippen LogP contribution in [0.4, 0.5) is 5.13 Å². The Morgan fingerprint density at radius 1 is 1.10 bits per heavy atom. The van der Waals surface area contributed by atoms with Crippen LogP contribution in [0.15, 0.2) is 66.9 Å². The van der Waals surface area contributed by atoms with E-state index in [4.69, 9.17) is 16.3 Å². The van der Waals surface area contributed by atoms with Gasteiger partial charge in [0, 0.05) is 6.20 Å². The number of ether oxygens (including phenoxy) is 1. The van der Waals surface area contributed by atoms with Crippen LogP contribution in [0, 0.1) is 0 Å². The maximum atomic E-state index is 13.3. The lowest BCUT2D eigenvalue weighted by atomic mass is 10.1. The van der Waals surface area contributed by atoms with Crippen LogP contribution in [0.3, 0.4) is 0 Å². The zero-order chi connectivity index (χ0) is 20.9. The van der Waals surface area contributed by atoms with Gasteiger partial charge in [-0.2, -0.15) is 0 Å². The van der Waals surface area contributed by atoms with Gasteiger partial charge in [-0.05, 0) is 48.9 Å². The third kappa shape index (κ3) is 4.61. The number of anilines is 1. The van der Waals surface area contributed by atoms with E-state index in [0.717, 1.165) is 21.7 Å². The first-order valence-corrected chi connectivity index (χ1v) is 10.8. The number of benzene rings is 2. The predicted octanol–water partition coefficient (Wildman–Crippen LogP) is 5.52. The fourth-order valence-corrected chi connectivity index (χ4v) is 4.36. The molecule has 0 bridgehead atoms. The van der Waals surface area contributed by atoms with Gasteiger partial charge in [0.2, 0.25) is 5.91 Å². The molecule has 30 heavy (non-hydrogen) atoms. The number of amides is 1. The van der Waals surface area contributed by atoms with Gasteiger partial charge in [0.05, 0.1) is 35.0 Å². The first-order chi connectivity index (χ1) is 14.6. The number of aromatic nitrogens is 2. The van der Waals surface area contributed by atoms with E-state index in [2.05, 4.69) is 9.97 Å². The Morgan fingerprint density at radius 2 is 1.93 bits per heavy atom. The third-order valence-corrected chi connectivity index (χ3v) is 5.87. The minimum absolute atomic E-state index is 0.0556. The molecule has 0 saturated carbocycles. The van der Waals surface area contributed by atoms with E-state index in [-0.39, 0.29) is 12.3 Å². The number of thiazole rings is 1. The van der Waals surface area contributed by atoms with Crippen LogP contribution in [-0.2, 0) is 17.8 Å². The zero-order valence-corrected chi connectivity index (χ0v) is 18.0. The Bertz CT molecular complexity index is 1150. The summed E-state index contributed by atoms with van der Waals surface area (Å²) < 4.78 is 6.42. The lowest BCUT2D eigenvalue weighted by Gasteiger charge is -2.19. The largest absolute Gasteiger partial charge is 0.494 e. The molecule has 7 heteroatoms. The van der Waals surface area contributed by atoms with Gasteiger partial charge >= 0.3 is 0 Å². The van der Waals surface area contributed by atoms with Gasteiger partial charge in [-0.1, -0.05) is 47.2 Å². The lowest BCUT2D eigenvalue weighted by Crippen LogP contribution is -2.32. The number of fused-ring (bicyclic) bond motifs is 1. The third-order valence-electron chi connectivity index (χ3n) is 4.53. The van der Waals surface area contributed by atoms with E-state index < -0.39 is 0 Å². The van der Waals surface area contributed by atoms with E-state index in [1.54, 1.807) is 17.2 Å². The summed E-state index contributed by atoms with van der Waals surface area (Å²) in [7, 11) is 0. The van der Waals surface area contributed by atoms with Gasteiger partial charge in [0.1, 0.15) is 11.3 Å². The minimum atomic E-state index is -0.0556. The zero-order valence-electron chi connectivity index (χ0n) is 16.4. The smallest absolute Gasteiger partial charge is 0.233 e. The second kappa shape index (κ2) is 9.24. The van der Waals surface area contributed by atoms with Crippen LogP contribution < -0.4 is 9.64 Å². The molecule has 0 aliphatic heterocycles. The SMILES string of the molecule is CCOc1ccc(CC(=O)N(Cc2ccccn2)c2nc3c(Cl)cccc3s2)cc1. The number of hydrogen-bond donors (Lipinski definition) is 0. The highest BCUT2D eigenvalue weighted by Crippen LogP contribution is 2.33. The van der Waals surface area contributed by atoms with Crippen molar-refractivity contribution >= 4 is 44.2 Å². The van der Waals surface area contributed by atoms with Crippen LogP contribution >= 0.6 is 22.9 Å². The van der Waals surface area contributed by atoms with Crippen molar-refractivity contribution in [3.8, 4) is 5.75 Å². The summed E-state index contributed by atoms with van der Waals surface area (Å²) in [6.07, 6.45) is 1.97. The molecule has 0 N–H and O–H groups in total. The topological polar surface area (TPSA) is 55.3 Å². The van der Waals surface area contributed by atoms with E-state index in [1.165, 1.54) is 11.3 Å². The summed E-state index contributed by atoms with van der Waals surface area (Å²) in [4.78, 5) is 24.0. The van der Waals surface area contributed by atoms with Crippen LogP contribution in [0.2, 0.25) is 5.02 Å². The van der Waals surface area contributed by atoms with Crippen molar-refractivity contribution < 1.29 is 9.53 Å². The fourth-order valence-electron chi connectivity index (χ4n) is 3.08. The lowest BCUT2D eigenvalue weighted by molar-refractivity contribution is -0.118. The summed E-state index contributed by atoms with van der Waals surface area (Å²) in [5, 5.41) is 1.19. The number of rotatable bonds is 7. The molecule has 152 valence electrons. The minimum Gasteiger partial charge on any atom is -0.494 e. The second-order valence-electron chi connectivity index (χ2n) is 6.64. The molecule has 0 aliphatic carbocycles. The van der Waals surface area contributed by atoms with Gasteiger partial charge in [0.15, 0.2) is 5.13 Å². The van der Waals surface area contributed by atoms with Crippen LogP contribution in [0.25, 0.3) is 10.2 Å². The highest BCUT2D eigenvalue weighted by molar-refractivity contribution is 7.22. The Balaban J connectivity index is 1.63. The number of halogens is 1. The highest BCUT2D eigenvalue weighted by atomic mass is 35.5. The maximum absolute atomic E-state index is 13.3. The summed E-state index contributed by atoms with van der Waals surface area (Å²) in [6.45, 7) is 2.89. The van der Waals surface area contributed by atoms with Gasteiger partial charge in [0.25, 0.3) is 0 Å². The average Bonchev–Trinajstić information content (AvgIpc) is 3.20. The molecule has 2 aromatic carbocycles. The molecular weight excluding hydrogens is 418 g/mol. The van der Waals surface area contributed by atoms with Gasteiger partial charge in [-0.3, -0.25) is 14.7 Å². The molecule has 0 atom stereocenters. The predicted molar refractivity (Wildman–Crippen MR) is 121 cm³/mol. The second-order valence-corrected chi connectivity index (χ2v) is 8.05. The summed E-state index contributed by atoms with van der Waals surface area (Å²) in [5.74, 6) is 0.736. The first kappa shape index (κ1) is 20.3. The van der Waals surface area contributed by atoms with Crippen LogP contribution in [0.5, 0.6) is 5.75 Å². The van der Waals surface area contributed by atoms with Crippen molar-refractivity contribution in [1.82, 2.24) is 9.97 Å². The van der Waals surface area contributed by atoms with E-state index in [9.17, 15) is 4.79 Å². The number of para-hydroxylation sites is 1. The molecule has 4 rings (SSSR count). The molecule has 0 spiro atoms. The van der Waals surface area contributed by atoms with Gasteiger partial charge < -0.3 is 4.74 Å². The van der Waals surface area contributed by atoms with Crippen molar-refractivity contribution in [3.05, 3.63) is 83.1 Å². The normalized spacial score (nSPS) is 10.9. The van der Waals surface area contributed by atoms with E-state index >= 15 is 0 Å². The van der Waals surface area contributed by atoms with Gasteiger partial charge in [-0.25, -0.2) is 4.98 Å². The maximum Gasteiger partial charge on any atom is 0.233 e. The number of pyridine rings is 1. The molecule has 2 heterocycles. The Kier molecular flexibility index (Phi) is 6.26. The van der Waals surface area contributed by atoms with E-state index in [0.29, 0.717) is 28.8 Å². The molecule has 4 aromatic rings. The Hall–Kier alpha value is -2.96. The fraction of sp³-hybridized carbons (Fsp3) is 0.174. The Morgan fingerprint density at radius 3 is 2.63 bits per heavy atom. The van der Waals surface area contributed by atoms with Crippen LogP contribution in [-0.4, -0.2) is 22.5 Å². The highest BCUT2D eigenvalue weighted by Gasteiger charge is 2.21. The van der Waals surface area contributed by atoms with Gasteiger partial charge in [-0.15, -0.1) is 0 Å². The number of carbonyl (C=O) groups is 1. The Labute approximate surface area is 183 Å². The molecular formula is C23H20ClN3O2S. The average molecular weight is 438 g/mol. The number of hydrogen-bond acceptors (Lipinski definition) is 5. The molecule has 0 aliphatic rings. The van der Waals surface area contributed by atoms with Crippen molar-refractivity contribution in [1.29, 1.82) is 0 Å². The van der Waals surface area contributed by atoms with Crippen molar-refractivity contribution in [2.24, 2.45) is 0 Å². The quantitative estimate of drug-likeness (QED) is 0.382. The molecule has 0 unspecified atom stereocenters. The molecule has 0 fully saturated rings. The monoisotopic (exact) mass is 437 g/mol. The molecule has 2 aromatic heterocycles. The van der Waals surface area contributed by atoms with Crippen LogP contribution in [0.1, 0.15) is 18.2 Å². The molecule has 0 saturated heterocycles. The molecule has 1 amide bonds. The number of carbonyl (C=O) groups excluding carboxylic acids is 1. The van der Waals surface area contributed by atoms with Crippen molar-refractivity contribution in [3.63, 3.8) is 0 Å². The summed E-state index contributed by atoms with van der Waals surface area (Å²) in [6, 6.07) is 18.9. The first-order valence-electron chi connectivity index (χ1n) is 9.61. The number of nitrogens with zero attached hydrogens (tertiary/aromatic N) is 3.